The first-order valence-electron chi connectivity index (χ1n) is 5.76. The van der Waals surface area contributed by atoms with Crippen LogP contribution in [0.4, 0.5) is 5.69 Å². The second-order valence-electron chi connectivity index (χ2n) is 4.13. The highest BCUT2D eigenvalue weighted by Gasteiger charge is 2.21. The van der Waals surface area contributed by atoms with Crippen molar-refractivity contribution < 1.29 is 24.7 Å². The number of rotatable bonds is 6. The number of carboxylic acids is 1. The quantitative estimate of drug-likeness (QED) is 0.513. The van der Waals surface area contributed by atoms with Gasteiger partial charge >= 0.3 is 5.97 Å². The summed E-state index contributed by atoms with van der Waals surface area (Å²) in [7, 11) is 0. The van der Waals surface area contributed by atoms with Crippen LogP contribution in [-0.4, -0.2) is 39.7 Å². The number of aryl methyl sites for hydroxylation is 1. The minimum Gasteiger partial charge on any atom is -0.480 e. The van der Waals surface area contributed by atoms with Crippen molar-refractivity contribution in [2.45, 2.75) is 19.4 Å². The maximum atomic E-state index is 11.8. The number of carbonyl (C=O) groups excluding carboxylic acids is 1. The van der Waals surface area contributed by atoms with E-state index in [2.05, 4.69) is 5.32 Å². The summed E-state index contributed by atoms with van der Waals surface area (Å²) in [5.74, 6) is -1.92. The van der Waals surface area contributed by atoms with Crippen molar-refractivity contribution in [3.63, 3.8) is 0 Å². The van der Waals surface area contributed by atoms with E-state index in [4.69, 9.17) is 10.2 Å². The number of nitrogens with zero attached hydrogens (tertiary/aromatic N) is 1. The highest BCUT2D eigenvalue weighted by atomic mass is 16.6. The predicted octanol–water partition coefficient (Wildman–Crippen LogP) is 0.469. The van der Waals surface area contributed by atoms with Gasteiger partial charge in [0.1, 0.15) is 6.04 Å². The van der Waals surface area contributed by atoms with Crippen LogP contribution in [0.15, 0.2) is 18.2 Å². The van der Waals surface area contributed by atoms with Gasteiger partial charge < -0.3 is 15.5 Å². The summed E-state index contributed by atoms with van der Waals surface area (Å²) in [5, 5.41) is 30.5. The first-order valence-corrected chi connectivity index (χ1v) is 5.76. The molecule has 0 fully saturated rings. The standard InChI is InChI=1S/C12H14N2O6/c1-7-6-8(2-3-10(7)14(19)20)11(16)13-9(4-5-15)12(17)18/h2-3,6,9,15H,4-5H2,1H3,(H,13,16)(H,17,18). The number of hydrogen-bond acceptors (Lipinski definition) is 5. The molecule has 0 radical (unpaired) electrons. The highest BCUT2D eigenvalue weighted by Crippen LogP contribution is 2.18. The molecular weight excluding hydrogens is 268 g/mol. The van der Waals surface area contributed by atoms with Crippen LogP contribution in [0, 0.1) is 17.0 Å². The molecule has 0 bridgehead atoms. The molecule has 1 aromatic carbocycles. The van der Waals surface area contributed by atoms with Crippen LogP contribution in [0.25, 0.3) is 0 Å². The zero-order chi connectivity index (χ0) is 15.3. The van der Waals surface area contributed by atoms with Gasteiger partial charge in [0.2, 0.25) is 0 Å². The van der Waals surface area contributed by atoms with Crippen molar-refractivity contribution in [2.75, 3.05) is 6.61 Å². The maximum absolute atomic E-state index is 11.8. The van der Waals surface area contributed by atoms with Crippen LogP contribution in [0.2, 0.25) is 0 Å². The smallest absolute Gasteiger partial charge is 0.326 e. The van der Waals surface area contributed by atoms with Crippen LogP contribution >= 0.6 is 0 Å². The molecule has 1 atom stereocenters. The molecule has 0 aromatic heterocycles. The summed E-state index contributed by atoms with van der Waals surface area (Å²) in [5.41, 5.74) is 0.306. The molecule has 8 heteroatoms. The molecule has 0 heterocycles. The summed E-state index contributed by atoms with van der Waals surface area (Å²) in [6.07, 6.45) is -0.118. The minimum atomic E-state index is -1.26. The predicted molar refractivity (Wildman–Crippen MR) is 68.4 cm³/mol. The monoisotopic (exact) mass is 282 g/mol. The lowest BCUT2D eigenvalue weighted by Gasteiger charge is -2.13. The van der Waals surface area contributed by atoms with Gasteiger partial charge in [-0.25, -0.2) is 4.79 Å². The Hall–Kier alpha value is -2.48. The number of aliphatic hydroxyl groups is 1. The molecule has 3 N–H and O–H groups in total. The van der Waals surface area contributed by atoms with Gasteiger partial charge in [0.25, 0.3) is 11.6 Å². The van der Waals surface area contributed by atoms with Crippen LogP contribution in [0.3, 0.4) is 0 Å². The zero-order valence-electron chi connectivity index (χ0n) is 10.7. The topological polar surface area (TPSA) is 130 Å². The number of carbonyl (C=O) groups is 2. The van der Waals surface area contributed by atoms with Crippen molar-refractivity contribution >= 4 is 17.6 Å². The van der Waals surface area contributed by atoms with Gasteiger partial charge in [0, 0.05) is 30.2 Å². The number of nitrogens with one attached hydrogen (secondary N) is 1. The number of benzene rings is 1. The molecule has 20 heavy (non-hydrogen) atoms. The third kappa shape index (κ3) is 3.75. The number of aliphatic carboxylic acids is 1. The molecule has 0 aliphatic rings. The summed E-state index contributed by atoms with van der Waals surface area (Å²) in [4.78, 5) is 32.8. The Balaban J connectivity index is 2.90. The number of amides is 1. The average molecular weight is 282 g/mol. The van der Waals surface area contributed by atoms with Crippen molar-refractivity contribution in [3.8, 4) is 0 Å². The molecule has 1 unspecified atom stereocenters. The molecular formula is C12H14N2O6. The molecule has 0 saturated heterocycles. The number of aliphatic hydroxyl groups excluding tert-OH is 1. The summed E-state index contributed by atoms with van der Waals surface area (Å²) in [6.45, 7) is 1.11. The first-order chi connectivity index (χ1) is 9.36. The molecule has 0 aliphatic carbocycles. The van der Waals surface area contributed by atoms with Gasteiger partial charge in [0.15, 0.2) is 0 Å². The number of nitro benzene ring substituents is 1. The zero-order valence-corrected chi connectivity index (χ0v) is 10.7. The second-order valence-corrected chi connectivity index (χ2v) is 4.13. The maximum Gasteiger partial charge on any atom is 0.326 e. The molecule has 8 nitrogen and oxygen atoms in total. The summed E-state index contributed by atoms with van der Waals surface area (Å²) in [6, 6.07) is 2.54. The van der Waals surface area contributed by atoms with E-state index in [1.807, 2.05) is 0 Å². The molecule has 0 saturated carbocycles. The summed E-state index contributed by atoms with van der Waals surface area (Å²) >= 11 is 0. The Bertz CT molecular complexity index is 543. The van der Waals surface area contributed by atoms with E-state index in [0.717, 1.165) is 0 Å². The lowest BCUT2D eigenvalue weighted by Crippen LogP contribution is -2.41. The normalized spacial score (nSPS) is 11.7. The Morgan fingerprint density at radius 1 is 1.45 bits per heavy atom. The second kappa shape index (κ2) is 6.62. The molecule has 1 amide bonds. The van der Waals surface area contributed by atoms with Crippen LogP contribution in [0.1, 0.15) is 22.3 Å². The minimum absolute atomic E-state index is 0.118. The SMILES string of the molecule is Cc1cc(C(=O)NC(CCO)C(=O)O)ccc1[N+](=O)[O-]. The van der Waals surface area contributed by atoms with Crippen LogP contribution in [0.5, 0.6) is 0 Å². The fourth-order valence-electron chi connectivity index (χ4n) is 1.63. The fraction of sp³-hybridized carbons (Fsp3) is 0.333. The number of carboxylic acid groups (broad SMARTS) is 1. The van der Waals surface area contributed by atoms with E-state index >= 15 is 0 Å². The van der Waals surface area contributed by atoms with Gasteiger partial charge in [-0.05, 0) is 19.1 Å². The third-order valence-corrected chi connectivity index (χ3v) is 2.68. The van der Waals surface area contributed by atoms with Gasteiger partial charge in [0.05, 0.1) is 4.92 Å². The molecule has 108 valence electrons. The molecule has 0 aliphatic heterocycles. The van der Waals surface area contributed by atoms with Gasteiger partial charge in [-0.3, -0.25) is 14.9 Å². The van der Waals surface area contributed by atoms with E-state index in [1.54, 1.807) is 0 Å². The first kappa shape index (κ1) is 15.6. The van der Waals surface area contributed by atoms with Crippen molar-refractivity contribution in [1.82, 2.24) is 5.32 Å². The average Bonchev–Trinajstić information content (AvgIpc) is 2.37. The van der Waals surface area contributed by atoms with Crippen molar-refractivity contribution in [2.24, 2.45) is 0 Å². The Labute approximate surface area is 114 Å². The van der Waals surface area contributed by atoms with Crippen LogP contribution in [-0.2, 0) is 4.79 Å². The summed E-state index contributed by atoms with van der Waals surface area (Å²) < 4.78 is 0. The number of nitro groups is 1. The van der Waals surface area contributed by atoms with Gasteiger partial charge in [-0.15, -0.1) is 0 Å². The van der Waals surface area contributed by atoms with E-state index in [1.165, 1.54) is 25.1 Å². The van der Waals surface area contributed by atoms with Crippen molar-refractivity contribution in [1.29, 1.82) is 0 Å². The van der Waals surface area contributed by atoms with Crippen LogP contribution < -0.4 is 5.32 Å². The van der Waals surface area contributed by atoms with E-state index < -0.39 is 22.8 Å². The molecule has 1 rings (SSSR count). The number of hydrogen-bond donors (Lipinski definition) is 3. The van der Waals surface area contributed by atoms with Gasteiger partial charge in [-0.1, -0.05) is 0 Å². The fourth-order valence-corrected chi connectivity index (χ4v) is 1.63. The lowest BCUT2D eigenvalue weighted by atomic mass is 10.1. The lowest BCUT2D eigenvalue weighted by molar-refractivity contribution is -0.385. The van der Waals surface area contributed by atoms with Gasteiger partial charge in [-0.2, -0.15) is 0 Å². The Morgan fingerprint density at radius 3 is 2.55 bits per heavy atom. The Morgan fingerprint density at radius 2 is 2.10 bits per heavy atom. The van der Waals surface area contributed by atoms with Crippen molar-refractivity contribution in [3.05, 3.63) is 39.4 Å². The third-order valence-electron chi connectivity index (χ3n) is 2.68. The van der Waals surface area contributed by atoms with E-state index in [-0.39, 0.29) is 24.3 Å². The van der Waals surface area contributed by atoms with E-state index in [9.17, 15) is 19.7 Å². The van der Waals surface area contributed by atoms with E-state index in [0.29, 0.717) is 5.56 Å². The largest absolute Gasteiger partial charge is 0.480 e. The molecule has 1 aromatic rings. The Kier molecular flexibility index (Phi) is 5.15. The highest BCUT2D eigenvalue weighted by molar-refractivity contribution is 5.97. The molecule has 0 spiro atoms.